The lowest BCUT2D eigenvalue weighted by molar-refractivity contribution is -0.197. The Morgan fingerprint density at radius 1 is 1.16 bits per heavy atom. The average molecular weight is 348 g/mol. The number of hydroxylamine groups is 2. The number of hydrogen-bond acceptors (Lipinski definition) is 6. The molecule has 1 aromatic rings. The van der Waals surface area contributed by atoms with Gasteiger partial charge in [0.15, 0.2) is 5.96 Å². The molecular formula is C16H20N4O5. The Morgan fingerprint density at radius 2 is 1.76 bits per heavy atom. The minimum atomic E-state index is -0.664. The summed E-state index contributed by atoms with van der Waals surface area (Å²) < 4.78 is 5.42. The van der Waals surface area contributed by atoms with Crippen molar-refractivity contribution in [3.63, 3.8) is 0 Å². The van der Waals surface area contributed by atoms with E-state index in [2.05, 4.69) is 5.32 Å². The predicted molar refractivity (Wildman–Crippen MR) is 86.9 cm³/mol. The monoisotopic (exact) mass is 348 g/mol. The lowest BCUT2D eigenvalue weighted by Gasteiger charge is -2.12. The van der Waals surface area contributed by atoms with Crippen molar-refractivity contribution in [3.8, 4) is 0 Å². The van der Waals surface area contributed by atoms with Gasteiger partial charge in [0.2, 0.25) is 0 Å². The number of nitrogens with two attached hydrogens (primary N) is 1. The van der Waals surface area contributed by atoms with Gasteiger partial charge in [0, 0.05) is 19.4 Å². The molecule has 134 valence electrons. The second-order valence-electron chi connectivity index (χ2n) is 5.43. The first kappa shape index (κ1) is 18.4. The lowest BCUT2D eigenvalue weighted by atomic mass is 10.1. The van der Waals surface area contributed by atoms with Crippen LogP contribution in [0.2, 0.25) is 0 Å². The van der Waals surface area contributed by atoms with Crippen LogP contribution in [-0.2, 0) is 37.0 Å². The minimum Gasteiger partial charge on any atom is -0.375 e. The van der Waals surface area contributed by atoms with E-state index >= 15 is 0 Å². The number of nitrogens with zero attached hydrogens (tertiary/aromatic N) is 1. The molecule has 1 saturated heterocycles. The molecule has 0 bridgehead atoms. The van der Waals surface area contributed by atoms with Crippen LogP contribution in [0.15, 0.2) is 24.3 Å². The Balaban J connectivity index is 1.74. The molecule has 9 nitrogen and oxygen atoms in total. The Labute approximate surface area is 144 Å². The number of nitrogens with one attached hydrogen (secondary N) is 2. The molecule has 0 saturated carbocycles. The maximum Gasteiger partial charge on any atom is 0.337 e. The standard InChI is InChI=1S/C16H20N4O5/c17-16(18)19-7-8-24-10-12-3-1-11(2-4-12)9-15(23)25-20-13(21)5-6-14(20)22/h1-4H,5-10H2,(H4,17,18,19). The van der Waals surface area contributed by atoms with Crippen LogP contribution in [-0.4, -0.2) is 42.0 Å². The molecule has 25 heavy (non-hydrogen) atoms. The summed E-state index contributed by atoms with van der Waals surface area (Å²) in [6.07, 6.45) is 0.103. The van der Waals surface area contributed by atoms with E-state index in [0.29, 0.717) is 30.4 Å². The maximum atomic E-state index is 11.8. The van der Waals surface area contributed by atoms with E-state index in [-0.39, 0.29) is 25.2 Å². The molecular weight excluding hydrogens is 328 g/mol. The molecule has 0 unspecified atom stereocenters. The van der Waals surface area contributed by atoms with Crippen molar-refractivity contribution < 1.29 is 24.0 Å². The topological polar surface area (TPSA) is 135 Å². The number of rotatable bonds is 8. The summed E-state index contributed by atoms with van der Waals surface area (Å²) in [6.45, 7) is 1.25. The highest BCUT2D eigenvalue weighted by molar-refractivity contribution is 6.01. The summed E-state index contributed by atoms with van der Waals surface area (Å²) in [4.78, 5) is 39.4. The van der Waals surface area contributed by atoms with E-state index in [0.717, 1.165) is 5.56 Å². The highest BCUT2D eigenvalue weighted by atomic mass is 16.7. The summed E-state index contributed by atoms with van der Waals surface area (Å²) in [5, 5.41) is 10.2. The van der Waals surface area contributed by atoms with Crippen LogP contribution in [0.1, 0.15) is 24.0 Å². The summed E-state index contributed by atoms with van der Waals surface area (Å²) >= 11 is 0. The molecule has 0 spiro atoms. The van der Waals surface area contributed by atoms with Gasteiger partial charge in [0.1, 0.15) is 0 Å². The molecule has 9 heteroatoms. The molecule has 0 aliphatic carbocycles. The van der Waals surface area contributed by atoms with Crippen molar-refractivity contribution in [1.82, 2.24) is 10.4 Å². The van der Waals surface area contributed by atoms with Gasteiger partial charge >= 0.3 is 5.97 Å². The lowest BCUT2D eigenvalue weighted by Crippen LogP contribution is -2.32. The van der Waals surface area contributed by atoms with Crippen molar-refractivity contribution >= 4 is 23.7 Å². The number of amides is 2. The molecule has 4 N–H and O–H groups in total. The van der Waals surface area contributed by atoms with E-state index in [1.165, 1.54) is 0 Å². The fourth-order valence-corrected chi connectivity index (χ4v) is 2.16. The van der Waals surface area contributed by atoms with E-state index in [9.17, 15) is 14.4 Å². The summed E-state index contributed by atoms with van der Waals surface area (Å²) in [7, 11) is 0. The molecule has 1 aliphatic heterocycles. The number of carbonyl (C=O) groups excluding carboxylic acids is 3. The third kappa shape index (κ3) is 5.88. The first-order chi connectivity index (χ1) is 12.0. The number of benzene rings is 1. The summed E-state index contributed by atoms with van der Waals surface area (Å²) in [6, 6.07) is 7.13. The van der Waals surface area contributed by atoms with Crippen LogP contribution in [0.3, 0.4) is 0 Å². The zero-order valence-electron chi connectivity index (χ0n) is 13.6. The highest BCUT2D eigenvalue weighted by Gasteiger charge is 2.32. The summed E-state index contributed by atoms with van der Waals surface area (Å²) in [5.74, 6) is -1.75. The Morgan fingerprint density at radius 3 is 2.36 bits per heavy atom. The smallest absolute Gasteiger partial charge is 0.337 e. The van der Waals surface area contributed by atoms with Crippen LogP contribution in [0, 0.1) is 5.41 Å². The third-order valence-electron chi connectivity index (χ3n) is 3.40. The zero-order valence-corrected chi connectivity index (χ0v) is 13.6. The first-order valence-corrected chi connectivity index (χ1v) is 7.75. The van der Waals surface area contributed by atoms with Gasteiger partial charge in [-0.15, -0.1) is 5.06 Å². The SMILES string of the molecule is N=C(N)NCCOCc1ccc(CC(=O)ON2C(=O)CCC2=O)cc1. The molecule has 0 aromatic heterocycles. The number of ether oxygens (including phenoxy) is 1. The van der Waals surface area contributed by atoms with E-state index in [4.69, 9.17) is 20.7 Å². The van der Waals surface area contributed by atoms with Crippen LogP contribution in [0.4, 0.5) is 0 Å². The van der Waals surface area contributed by atoms with Crippen molar-refractivity contribution in [3.05, 3.63) is 35.4 Å². The molecule has 1 heterocycles. The first-order valence-electron chi connectivity index (χ1n) is 7.75. The fraction of sp³-hybridized carbons (Fsp3) is 0.375. The normalized spacial score (nSPS) is 13.8. The van der Waals surface area contributed by atoms with E-state index in [1.807, 2.05) is 12.1 Å². The molecule has 1 fully saturated rings. The van der Waals surface area contributed by atoms with E-state index in [1.54, 1.807) is 12.1 Å². The quantitative estimate of drug-likeness (QED) is 0.257. The van der Waals surface area contributed by atoms with Crippen LogP contribution < -0.4 is 11.1 Å². The zero-order chi connectivity index (χ0) is 18.2. The molecule has 2 amide bonds. The van der Waals surface area contributed by atoms with Gasteiger partial charge in [-0.25, -0.2) is 4.79 Å². The van der Waals surface area contributed by atoms with Crippen LogP contribution >= 0.6 is 0 Å². The predicted octanol–water partition coefficient (Wildman–Crippen LogP) is -0.164. The molecule has 1 aromatic carbocycles. The summed E-state index contributed by atoms with van der Waals surface area (Å²) in [5.41, 5.74) is 6.77. The number of guanidine groups is 1. The number of imide groups is 1. The second-order valence-corrected chi connectivity index (χ2v) is 5.43. The minimum absolute atomic E-state index is 0.0409. The second kappa shape index (κ2) is 8.78. The Hall–Kier alpha value is -2.94. The number of carbonyl (C=O) groups is 3. The average Bonchev–Trinajstić information content (AvgIpc) is 2.87. The van der Waals surface area contributed by atoms with Crippen molar-refractivity contribution in [1.29, 1.82) is 5.41 Å². The van der Waals surface area contributed by atoms with Crippen molar-refractivity contribution in [2.75, 3.05) is 13.2 Å². The van der Waals surface area contributed by atoms with Gasteiger partial charge in [-0.2, -0.15) is 0 Å². The molecule has 1 aliphatic rings. The Kier molecular flexibility index (Phi) is 6.47. The van der Waals surface area contributed by atoms with Crippen LogP contribution in [0.5, 0.6) is 0 Å². The van der Waals surface area contributed by atoms with E-state index < -0.39 is 17.8 Å². The van der Waals surface area contributed by atoms with Gasteiger partial charge in [-0.3, -0.25) is 15.0 Å². The molecule has 0 atom stereocenters. The van der Waals surface area contributed by atoms with Crippen LogP contribution in [0.25, 0.3) is 0 Å². The Bertz CT molecular complexity index is 643. The molecule has 2 rings (SSSR count). The van der Waals surface area contributed by atoms with Gasteiger partial charge in [0.25, 0.3) is 11.8 Å². The van der Waals surface area contributed by atoms with Gasteiger partial charge in [-0.1, -0.05) is 24.3 Å². The number of hydrogen-bond donors (Lipinski definition) is 3. The fourth-order valence-electron chi connectivity index (χ4n) is 2.16. The van der Waals surface area contributed by atoms with Crippen molar-refractivity contribution in [2.24, 2.45) is 5.73 Å². The third-order valence-corrected chi connectivity index (χ3v) is 3.40. The maximum absolute atomic E-state index is 11.8. The van der Waals surface area contributed by atoms with Gasteiger partial charge in [0.05, 0.1) is 19.6 Å². The van der Waals surface area contributed by atoms with Crippen molar-refractivity contribution in [2.45, 2.75) is 25.9 Å². The van der Waals surface area contributed by atoms with Gasteiger partial charge < -0.3 is 20.6 Å². The highest BCUT2D eigenvalue weighted by Crippen LogP contribution is 2.13. The largest absolute Gasteiger partial charge is 0.375 e. The van der Waals surface area contributed by atoms with Gasteiger partial charge in [-0.05, 0) is 11.1 Å². The molecule has 0 radical (unpaired) electrons.